The molecule has 6 nitrogen and oxygen atoms in total. The van der Waals surface area contributed by atoms with E-state index in [0.29, 0.717) is 33.2 Å². The van der Waals surface area contributed by atoms with Crippen LogP contribution >= 0.6 is 34.4 Å². The number of nitrogens with zero attached hydrogens (tertiary/aromatic N) is 2. The van der Waals surface area contributed by atoms with Crippen molar-refractivity contribution in [1.82, 2.24) is 9.55 Å². The molecule has 0 radical (unpaired) electrons. The van der Waals surface area contributed by atoms with Crippen LogP contribution in [0.15, 0.2) is 69.8 Å². The SMILES string of the molecule is C=CCn1c(SCC(=O)Nc2ccc(C(C)=O)cc2)nc2scc(-c3cccs3)c2c1=O. The van der Waals surface area contributed by atoms with E-state index in [1.54, 1.807) is 46.2 Å². The lowest BCUT2D eigenvalue weighted by Gasteiger charge is -2.11. The van der Waals surface area contributed by atoms with E-state index in [9.17, 15) is 14.4 Å². The summed E-state index contributed by atoms with van der Waals surface area (Å²) in [4.78, 5) is 43.5. The van der Waals surface area contributed by atoms with Crippen molar-refractivity contribution in [2.24, 2.45) is 0 Å². The first-order valence-electron chi connectivity index (χ1n) is 9.68. The van der Waals surface area contributed by atoms with Gasteiger partial charge in [0.25, 0.3) is 5.56 Å². The number of Topliss-reactive ketones (excluding diaryl/α,β-unsaturated/α-hetero) is 1. The lowest BCUT2D eigenvalue weighted by Crippen LogP contribution is -2.23. The fraction of sp³-hybridized carbons (Fsp3) is 0.130. The number of benzene rings is 1. The van der Waals surface area contributed by atoms with Gasteiger partial charge in [0.05, 0.1) is 11.1 Å². The molecule has 0 atom stereocenters. The Balaban J connectivity index is 1.56. The van der Waals surface area contributed by atoms with Crippen LogP contribution in [0.5, 0.6) is 0 Å². The normalized spacial score (nSPS) is 10.9. The second kappa shape index (κ2) is 9.64. The highest BCUT2D eigenvalue weighted by atomic mass is 32.2. The molecular weight excluding hydrogens is 462 g/mol. The van der Waals surface area contributed by atoms with Gasteiger partial charge < -0.3 is 5.32 Å². The van der Waals surface area contributed by atoms with Crippen molar-refractivity contribution < 1.29 is 9.59 Å². The zero-order valence-corrected chi connectivity index (χ0v) is 19.6. The van der Waals surface area contributed by atoms with Gasteiger partial charge in [-0.2, -0.15) is 0 Å². The second-order valence-corrected chi connectivity index (χ2v) is 9.62. The third kappa shape index (κ3) is 4.59. The molecule has 0 aliphatic heterocycles. The summed E-state index contributed by atoms with van der Waals surface area (Å²) in [5, 5.41) is 7.80. The number of aromatic nitrogens is 2. The number of carbonyl (C=O) groups is 2. The van der Waals surface area contributed by atoms with Gasteiger partial charge in [0, 0.05) is 33.6 Å². The first-order chi connectivity index (χ1) is 15.5. The molecule has 1 aromatic carbocycles. The number of thiophene rings is 2. The van der Waals surface area contributed by atoms with Gasteiger partial charge in [-0.25, -0.2) is 4.98 Å². The minimum atomic E-state index is -0.226. The van der Waals surface area contributed by atoms with Crippen LogP contribution in [-0.2, 0) is 11.3 Å². The molecule has 9 heteroatoms. The summed E-state index contributed by atoms with van der Waals surface area (Å²) < 4.78 is 1.55. The molecule has 162 valence electrons. The van der Waals surface area contributed by atoms with Gasteiger partial charge in [0.15, 0.2) is 10.9 Å². The first-order valence-corrected chi connectivity index (χ1v) is 12.4. The summed E-state index contributed by atoms with van der Waals surface area (Å²) in [6.07, 6.45) is 1.65. The van der Waals surface area contributed by atoms with Crippen molar-refractivity contribution in [2.45, 2.75) is 18.6 Å². The van der Waals surface area contributed by atoms with Crippen molar-refractivity contribution in [3.05, 3.63) is 75.7 Å². The molecule has 0 aliphatic rings. The van der Waals surface area contributed by atoms with Crippen LogP contribution in [0.25, 0.3) is 20.7 Å². The van der Waals surface area contributed by atoms with Gasteiger partial charge in [-0.3, -0.25) is 19.0 Å². The number of thioether (sulfide) groups is 1. The molecule has 1 amide bonds. The fourth-order valence-corrected chi connectivity index (χ4v) is 5.75. The third-order valence-electron chi connectivity index (χ3n) is 4.66. The minimum Gasteiger partial charge on any atom is -0.325 e. The first kappa shape index (κ1) is 22.2. The monoisotopic (exact) mass is 481 g/mol. The van der Waals surface area contributed by atoms with Gasteiger partial charge in [-0.1, -0.05) is 23.9 Å². The lowest BCUT2D eigenvalue weighted by atomic mass is 10.1. The molecule has 0 saturated carbocycles. The maximum absolute atomic E-state index is 13.3. The molecule has 0 aliphatic carbocycles. The summed E-state index contributed by atoms with van der Waals surface area (Å²) in [6, 6.07) is 10.7. The molecular formula is C23H19N3O3S3. The van der Waals surface area contributed by atoms with Crippen LogP contribution in [0.2, 0.25) is 0 Å². The van der Waals surface area contributed by atoms with Crippen molar-refractivity contribution in [3.8, 4) is 10.4 Å². The Morgan fingerprint density at radius 3 is 2.66 bits per heavy atom. The fourth-order valence-electron chi connectivity index (χ4n) is 3.13. The van der Waals surface area contributed by atoms with E-state index in [0.717, 1.165) is 10.4 Å². The number of amides is 1. The Morgan fingerprint density at radius 1 is 1.22 bits per heavy atom. The Bertz CT molecular complexity index is 1350. The Hall–Kier alpha value is -3.01. The zero-order chi connectivity index (χ0) is 22.7. The van der Waals surface area contributed by atoms with Gasteiger partial charge in [-0.05, 0) is 42.6 Å². The van der Waals surface area contributed by atoms with Crippen LogP contribution in [0.3, 0.4) is 0 Å². The van der Waals surface area contributed by atoms with Gasteiger partial charge in [-0.15, -0.1) is 29.3 Å². The molecule has 3 aromatic heterocycles. The number of hydrogen-bond acceptors (Lipinski definition) is 7. The summed E-state index contributed by atoms with van der Waals surface area (Å²) in [7, 11) is 0. The van der Waals surface area contributed by atoms with Crippen LogP contribution in [-0.4, -0.2) is 27.0 Å². The van der Waals surface area contributed by atoms with Crippen molar-refractivity contribution in [3.63, 3.8) is 0 Å². The number of ketones is 1. The van der Waals surface area contributed by atoms with Crippen LogP contribution < -0.4 is 10.9 Å². The predicted molar refractivity (Wildman–Crippen MR) is 133 cm³/mol. The van der Waals surface area contributed by atoms with E-state index in [2.05, 4.69) is 16.9 Å². The molecule has 3 heterocycles. The number of rotatable bonds is 8. The Morgan fingerprint density at radius 2 is 2.00 bits per heavy atom. The number of anilines is 1. The largest absolute Gasteiger partial charge is 0.325 e. The quantitative estimate of drug-likeness (QED) is 0.160. The van der Waals surface area contributed by atoms with Gasteiger partial charge >= 0.3 is 0 Å². The standard InChI is InChI=1S/C23H19N3O3S3/c1-3-10-26-22(29)20-17(18-5-4-11-30-18)12-31-21(20)25-23(26)32-13-19(28)24-16-8-6-15(7-9-16)14(2)27/h3-9,11-12H,1,10,13H2,2H3,(H,24,28). The highest BCUT2D eigenvalue weighted by Gasteiger charge is 2.18. The van der Waals surface area contributed by atoms with Crippen LogP contribution in [0, 0.1) is 0 Å². The summed E-state index contributed by atoms with van der Waals surface area (Å²) >= 11 is 4.21. The zero-order valence-electron chi connectivity index (χ0n) is 17.2. The summed E-state index contributed by atoms with van der Waals surface area (Å²) in [6.45, 7) is 5.55. The van der Waals surface area contributed by atoms with E-state index >= 15 is 0 Å². The van der Waals surface area contributed by atoms with Crippen molar-refractivity contribution in [2.75, 3.05) is 11.1 Å². The van der Waals surface area contributed by atoms with Crippen LogP contribution in [0.4, 0.5) is 5.69 Å². The Labute approximate surface area is 196 Å². The molecule has 0 fully saturated rings. The minimum absolute atomic E-state index is 0.0316. The highest BCUT2D eigenvalue weighted by Crippen LogP contribution is 2.34. The second-order valence-electron chi connectivity index (χ2n) is 6.88. The van der Waals surface area contributed by atoms with Crippen molar-refractivity contribution >= 4 is 62.0 Å². The maximum Gasteiger partial charge on any atom is 0.263 e. The molecule has 32 heavy (non-hydrogen) atoms. The number of fused-ring (bicyclic) bond motifs is 1. The molecule has 4 aromatic rings. The molecule has 1 N–H and O–H groups in total. The van der Waals surface area contributed by atoms with Crippen LogP contribution in [0.1, 0.15) is 17.3 Å². The van der Waals surface area contributed by atoms with E-state index < -0.39 is 0 Å². The topological polar surface area (TPSA) is 81.1 Å². The maximum atomic E-state index is 13.3. The van der Waals surface area contributed by atoms with Crippen molar-refractivity contribution in [1.29, 1.82) is 0 Å². The van der Waals surface area contributed by atoms with Gasteiger partial charge in [0.2, 0.25) is 5.91 Å². The van der Waals surface area contributed by atoms with E-state index in [1.165, 1.54) is 30.0 Å². The van der Waals surface area contributed by atoms with E-state index in [-0.39, 0.29) is 23.0 Å². The molecule has 0 unspecified atom stereocenters. The lowest BCUT2D eigenvalue weighted by molar-refractivity contribution is -0.113. The molecule has 0 spiro atoms. The smallest absolute Gasteiger partial charge is 0.263 e. The summed E-state index contributed by atoms with van der Waals surface area (Å²) in [5.74, 6) is -0.168. The number of carbonyl (C=O) groups excluding carboxylic acids is 2. The third-order valence-corrected chi connectivity index (χ3v) is 7.42. The number of allylic oxidation sites excluding steroid dienone is 1. The average Bonchev–Trinajstić information content (AvgIpc) is 3.44. The van der Waals surface area contributed by atoms with E-state index in [1.807, 2.05) is 22.9 Å². The molecule has 4 rings (SSSR count). The highest BCUT2D eigenvalue weighted by molar-refractivity contribution is 7.99. The number of hydrogen-bond donors (Lipinski definition) is 1. The van der Waals surface area contributed by atoms with E-state index in [4.69, 9.17) is 0 Å². The summed E-state index contributed by atoms with van der Waals surface area (Å²) in [5.41, 5.74) is 1.94. The predicted octanol–water partition coefficient (Wildman–Crippen LogP) is 5.31. The number of nitrogens with one attached hydrogen (secondary N) is 1. The van der Waals surface area contributed by atoms with Gasteiger partial charge in [0.1, 0.15) is 4.83 Å². The molecule has 0 bridgehead atoms. The Kier molecular flexibility index (Phi) is 6.69. The molecule has 0 saturated heterocycles. The average molecular weight is 482 g/mol.